The van der Waals surface area contributed by atoms with Crippen molar-refractivity contribution in [2.45, 2.75) is 95.0 Å². The summed E-state index contributed by atoms with van der Waals surface area (Å²) in [5.74, 6) is 1.59. The number of piperazine rings is 1. The van der Waals surface area contributed by atoms with Gasteiger partial charge in [0.2, 0.25) is 5.91 Å². The smallest absolute Gasteiger partial charge is 0.410 e. The van der Waals surface area contributed by atoms with Crippen LogP contribution in [0.25, 0.3) is 0 Å². The van der Waals surface area contributed by atoms with E-state index in [9.17, 15) is 18.0 Å². The van der Waals surface area contributed by atoms with Gasteiger partial charge >= 0.3 is 6.09 Å². The van der Waals surface area contributed by atoms with Gasteiger partial charge in [-0.1, -0.05) is 0 Å². The van der Waals surface area contributed by atoms with Crippen molar-refractivity contribution in [1.82, 2.24) is 9.80 Å². The number of rotatable bonds is 4. The molecule has 4 atom stereocenters. The standard InChI is InChI=1S/C23H38N2O5S/c1-15-13-24(23(27)30-14-17-4-5-17)22-12-19(8-11-21(22)25(15)16(2)26)18-6-9-20(10-7-18)31(3,28)29/h15,17-22H,4-14H2,1-3H3/t15-,18?,19?,20?,21?,22?/m0/s1. The molecule has 2 amide bonds. The van der Waals surface area contributed by atoms with Gasteiger partial charge in [0.15, 0.2) is 0 Å². The molecular weight excluding hydrogens is 416 g/mol. The van der Waals surface area contributed by atoms with Gasteiger partial charge in [-0.2, -0.15) is 0 Å². The maximum Gasteiger partial charge on any atom is 0.410 e. The Labute approximate surface area is 186 Å². The number of carbonyl (C=O) groups excluding carboxylic acids is 2. The van der Waals surface area contributed by atoms with Gasteiger partial charge in [0.1, 0.15) is 9.84 Å². The van der Waals surface area contributed by atoms with Gasteiger partial charge in [-0.05, 0) is 82.5 Å². The number of sulfone groups is 1. The van der Waals surface area contributed by atoms with Crippen molar-refractivity contribution in [2.24, 2.45) is 17.8 Å². The predicted molar refractivity (Wildman–Crippen MR) is 118 cm³/mol. The van der Waals surface area contributed by atoms with E-state index in [1.54, 1.807) is 6.92 Å². The number of hydrogen-bond acceptors (Lipinski definition) is 5. The van der Waals surface area contributed by atoms with Crippen LogP contribution in [0.2, 0.25) is 0 Å². The monoisotopic (exact) mass is 454 g/mol. The molecule has 0 aromatic carbocycles. The molecule has 7 nitrogen and oxygen atoms in total. The number of nitrogens with zero attached hydrogens (tertiary/aromatic N) is 2. The Bertz CT molecular complexity index is 788. The van der Waals surface area contributed by atoms with Gasteiger partial charge in [-0.15, -0.1) is 0 Å². The van der Waals surface area contributed by atoms with Crippen LogP contribution in [-0.4, -0.2) is 73.0 Å². The minimum Gasteiger partial charge on any atom is -0.449 e. The zero-order valence-electron chi connectivity index (χ0n) is 19.2. The van der Waals surface area contributed by atoms with E-state index in [2.05, 4.69) is 0 Å². The first-order valence-electron chi connectivity index (χ1n) is 12.1. The highest BCUT2D eigenvalue weighted by atomic mass is 32.2. The molecule has 0 bridgehead atoms. The van der Waals surface area contributed by atoms with Crippen LogP contribution >= 0.6 is 0 Å². The summed E-state index contributed by atoms with van der Waals surface area (Å²) in [6, 6.07) is 0.0468. The molecule has 1 heterocycles. The summed E-state index contributed by atoms with van der Waals surface area (Å²) in [5, 5.41) is -0.197. The summed E-state index contributed by atoms with van der Waals surface area (Å²) in [5.41, 5.74) is 0. The molecule has 3 saturated carbocycles. The van der Waals surface area contributed by atoms with Crippen LogP contribution in [0.3, 0.4) is 0 Å². The molecule has 0 radical (unpaired) electrons. The van der Waals surface area contributed by atoms with Crippen molar-refractivity contribution < 1.29 is 22.7 Å². The molecule has 8 heteroatoms. The molecule has 3 unspecified atom stereocenters. The minimum absolute atomic E-state index is 0.00168. The van der Waals surface area contributed by atoms with E-state index >= 15 is 0 Å². The van der Waals surface area contributed by atoms with Crippen LogP contribution in [0.5, 0.6) is 0 Å². The molecule has 176 valence electrons. The topological polar surface area (TPSA) is 84.0 Å². The van der Waals surface area contributed by atoms with Crippen LogP contribution in [-0.2, 0) is 19.4 Å². The summed E-state index contributed by atoms with van der Waals surface area (Å²) >= 11 is 0. The second kappa shape index (κ2) is 8.91. The number of carbonyl (C=O) groups is 2. The summed E-state index contributed by atoms with van der Waals surface area (Å²) < 4.78 is 29.5. The molecule has 1 aliphatic heterocycles. The molecular formula is C23H38N2O5S. The lowest BCUT2D eigenvalue weighted by molar-refractivity contribution is -0.142. The molecule has 0 aromatic rings. The second-order valence-electron chi connectivity index (χ2n) is 10.5. The predicted octanol–water partition coefficient (Wildman–Crippen LogP) is 3.23. The lowest BCUT2D eigenvalue weighted by Crippen LogP contribution is -2.67. The SMILES string of the molecule is CC(=O)N1C2CCC(C3CCC(S(C)(=O)=O)CC3)CC2N(C(=O)OCC2CC2)C[C@@H]1C. The third-order valence-corrected chi connectivity index (χ3v) is 9.93. The highest BCUT2D eigenvalue weighted by Gasteiger charge is 2.48. The first-order chi connectivity index (χ1) is 14.6. The Morgan fingerprint density at radius 2 is 1.58 bits per heavy atom. The van der Waals surface area contributed by atoms with Crippen LogP contribution in [0, 0.1) is 17.8 Å². The third kappa shape index (κ3) is 5.04. The van der Waals surface area contributed by atoms with Crippen LogP contribution < -0.4 is 0 Å². The van der Waals surface area contributed by atoms with Gasteiger partial charge in [0.25, 0.3) is 0 Å². The summed E-state index contributed by atoms with van der Waals surface area (Å²) in [7, 11) is -2.96. The maximum absolute atomic E-state index is 13.0. The van der Waals surface area contributed by atoms with Crippen LogP contribution in [0.4, 0.5) is 4.79 Å². The van der Waals surface area contributed by atoms with Crippen molar-refractivity contribution in [3.8, 4) is 0 Å². The van der Waals surface area contributed by atoms with E-state index < -0.39 is 9.84 Å². The Hall–Kier alpha value is -1.31. The zero-order valence-corrected chi connectivity index (χ0v) is 20.0. The van der Waals surface area contributed by atoms with Crippen molar-refractivity contribution in [3.05, 3.63) is 0 Å². The number of hydrogen-bond donors (Lipinski definition) is 0. The summed E-state index contributed by atoms with van der Waals surface area (Å²) in [6.45, 7) is 4.69. The van der Waals surface area contributed by atoms with E-state index in [0.717, 1.165) is 57.8 Å². The van der Waals surface area contributed by atoms with E-state index in [1.807, 2.05) is 16.7 Å². The van der Waals surface area contributed by atoms with E-state index in [-0.39, 0.29) is 35.4 Å². The van der Waals surface area contributed by atoms with Gasteiger partial charge in [-0.3, -0.25) is 4.79 Å². The quantitative estimate of drug-likeness (QED) is 0.651. The normalized spacial score (nSPS) is 36.6. The van der Waals surface area contributed by atoms with E-state index in [4.69, 9.17) is 4.74 Å². The molecule has 4 rings (SSSR count). The molecule has 4 fully saturated rings. The van der Waals surface area contributed by atoms with Crippen LogP contribution in [0.15, 0.2) is 0 Å². The van der Waals surface area contributed by atoms with Gasteiger partial charge in [-0.25, -0.2) is 13.2 Å². The van der Waals surface area contributed by atoms with Crippen molar-refractivity contribution in [1.29, 1.82) is 0 Å². The fourth-order valence-corrected chi connectivity index (χ4v) is 7.51. The van der Waals surface area contributed by atoms with Gasteiger partial charge in [0.05, 0.1) is 23.9 Å². The number of amides is 2. The summed E-state index contributed by atoms with van der Waals surface area (Å²) in [6.07, 6.45) is 9.63. The number of ether oxygens (including phenoxy) is 1. The minimum atomic E-state index is -2.96. The first kappa shape index (κ1) is 22.9. The molecule has 1 saturated heterocycles. The second-order valence-corrected chi connectivity index (χ2v) is 12.8. The molecule has 0 spiro atoms. The maximum atomic E-state index is 13.0. The van der Waals surface area contributed by atoms with E-state index in [1.165, 1.54) is 6.26 Å². The molecule has 0 N–H and O–H groups in total. The summed E-state index contributed by atoms with van der Waals surface area (Å²) in [4.78, 5) is 29.3. The average molecular weight is 455 g/mol. The zero-order chi connectivity index (χ0) is 22.3. The van der Waals surface area contributed by atoms with Crippen LogP contribution in [0.1, 0.15) is 71.6 Å². The largest absolute Gasteiger partial charge is 0.449 e. The third-order valence-electron chi connectivity index (χ3n) is 8.24. The Morgan fingerprint density at radius 1 is 0.935 bits per heavy atom. The van der Waals surface area contributed by atoms with Gasteiger partial charge in [0, 0.05) is 25.8 Å². The molecule has 3 aliphatic carbocycles. The number of fused-ring (bicyclic) bond motifs is 1. The highest BCUT2D eigenvalue weighted by molar-refractivity contribution is 7.91. The molecule has 4 aliphatic rings. The Kier molecular flexibility index (Phi) is 6.57. The van der Waals surface area contributed by atoms with E-state index in [0.29, 0.717) is 30.9 Å². The fraction of sp³-hybridized carbons (Fsp3) is 0.913. The Balaban J connectivity index is 1.45. The molecule has 31 heavy (non-hydrogen) atoms. The molecule has 0 aromatic heterocycles. The Morgan fingerprint density at radius 3 is 2.16 bits per heavy atom. The van der Waals surface area contributed by atoms with Crippen molar-refractivity contribution in [2.75, 3.05) is 19.4 Å². The fourth-order valence-electron chi connectivity index (χ4n) is 6.38. The van der Waals surface area contributed by atoms with Gasteiger partial charge < -0.3 is 14.5 Å². The first-order valence-corrected chi connectivity index (χ1v) is 14.0. The van der Waals surface area contributed by atoms with Crippen molar-refractivity contribution in [3.63, 3.8) is 0 Å². The highest BCUT2D eigenvalue weighted by Crippen LogP contribution is 2.43. The lowest BCUT2D eigenvalue weighted by Gasteiger charge is -2.54. The average Bonchev–Trinajstić information content (AvgIpc) is 3.54. The van der Waals surface area contributed by atoms with Crippen molar-refractivity contribution >= 4 is 21.8 Å². The lowest BCUT2D eigenvalue weighted by atomic mass is 9.69.